The molecule has 4 heteroatoms. The molecule has 1 N–H and O–H groups in total. The van der Waals surface area contributed by atoms with Gasteiger partial charge in [-0.05, 0) is 46.9 Å². The first-order chi connectivity index (χ1) is 7.99. The molecule has 0 radical (unpaired) electrons. The quantitative estimate of drug-likeness (QED) is 0.572. The van der Waals surface area contributed by atoms with Crippen LogP contribution in [-0.2, 0) is 9.59 Å². The van der Waals surface area contributed by atoms with E-state index in [9.17, 15) is 9.59 Å². The molecule has 100 valence electrons. The molecule has 0 fully saturated rings. The van der Waals surface area contributed by atoms with E-state index in [1.807, 2.05) is 34.7 Å². The van der Waals surface area contributed by atoms with Gasteiger partial charge in [-0.25, -0.2) is 0 Å². The van der Waals surface area contributed by atoms with E-state index in [1.165, 1.54) is 11.0 Å². The van der Waals surface area contributed by atoms with Gasteiger partial charge in [-0.1, -0.05) is 19.9 Å². The molecular formula is C13H26N2O2. The first-order valence-electron chi connectivity index (χ1n) is 6.05. The van der Waals surface area contributed by atoms with Crippen molar-refractivity contribution in [3.8, 4) is 0 Å². The third-order valence-corrected chi connectivity index (χ3v) is 2.29. The number of amides is 2. The van der Waals surface area contributed by atoms with E-state index in [1.54, 1.807) is 13.0 Å². The maximum atomic E-state index is 11.6. The Balaban J connectivity index is 0. The standard InChI is InChI=1S/C11H20N2O2.C2H6/c1-5-6-10(15)13(9-14)11(2,3)7-8-12-4;1-2/h5-6,9,12H,7-8H2,1-4H3;1-2H3/b6-5-;. The fourth-order valence-corrected chi connectivity index (χ4v) is 1.27. The van der Waals surface area contributed by atoms with Crippen LogP contribution in [0.1, 0.15) is 41.0 Å². The van der Waals surface area contributed by atoms with Gasteiger partial charge in [-0.3, -0.25) is 14.5 Å². The van der Waals surface area contributed by atoms with Crippen molar-refractivity contribution in [2.75, 3.05) is 13.6 Å². The van der Waals surface area contributed by atoms with Crippen LogP contribution in [0, 0.1) is 0 Å². The topological polar surface area (TPSA) is 49.4 Å². The summed E-state index contributed by atoms with van der Waals surface area (Å²) in [6.45, 7) is 10.3. The predicted octanol–water partition coefficient (Wildman–Crippen LogP) is 1.96. The fraction of sp³-hybridized carbons (Fsp3) is 0.692. The smallest absolute Gasteiger partial charge is 0.253 e. The van der Waals surface area contributed by atoms with E-state index in [-0.39, 0.29) is 5.91 Å². The Morgan fingerprint density at radius 1 is 1.35 bits per heavy atom. The summed E-state index contributed by atoms with van der Waals surface area (Å²) < 4.78 is 0. The molecule has 0 aliphatic rings. The van der Waals surface area contributed by atoms with Crippen LogP contribution in [0.4, 0.5) is 0 Å². The molecule has 0 aromatic heterocycles. The Labute approximate surface area is 105 Å². The molecule has 0 atom stereocenters. The summed E-state index contributed by atoms with van der Waals surface area (Å²) in [5.74, 6) is -0.270. The number of allylic oxidation sites excluding steroid dienone is 1. The van der Waals surface area contributed by atoms with Gasteiger partial charge in [-0.2, -0.15) is 0 Å². The average molecular weight is 242 g/mol. The summed E-state index contributed by atoms with van der Waals surface area (Å²) >= 11 is 0. The molecule has 0 unspecified atom stereocenters. The van der Waals surface area contributed by atoms with Crippen molar-refractivity contribution in [1.29, 1.82) is 0 Å². The highest BCUT2D eigenvalue weighted by atomic mass is 16.2. The highest BCUT2D eigenvalue weighted by Gasteiger charge is 2.28. The molecule has 0 bridgehead atoms. The Morgan fingerprint density at radius 3 is 2.24 bits per heavy atom. The number of carbonyl (C=O) groups excluding carboxylic acids is 2. The molecule has 0 saturated carbocycles. The minimum absolute atomic E-state index is 0.270. The highest BCUT2D eigenvalue weighted by Crippen LogP contribution is 2.17. The van der Waals surface area contributed by atoms with Gasteiger partial charge in [0.15, 0.2) is 0 Å². The molecule has 4 nitrogen and oxygen atoms in total. The van der Waals surface area contributed by atoms with Gasteiger partial charge >= 0.3 is 0 Å². The predicted molar refractivity (Wildman–Crippen MR) is 71.7 cm³/mol. The first kappa shape index (κ1) is 18.2. The second-order valence-electron chi connectivity index (χ2n) is 3.98. The van der Waals surface area contributed by atoms with E-state index >= 15 is 0 Å². The Hall–Kier alpha value is -1.16. The molecule has 0 aromatic carbocycles. The van der Waals surface area contributed by atoms with Crippen molar-refractivity contribution in [3.05, 3.63) is 12.2 Å². The zero-order chi connectivity index (χ0) is 13.9. The number of carbonyl (C=O) groups is 2. The van der Waals surface area contributed by atoms with Crippen LogP contribution in [0.15, 0.2) is 12.2 Å². The molecule has 2 amide bonds. The van der Waals surface area contributed by atoms with Crippen molar-refractivity contribution in [3.63, 3.8) is 0 Å². The third kappa shape index (κ3) is 6.89. The van der Waals surface area contributed by atoms with Crippen molar-refractivity contribution >= 4 is 12.3 Å². The lowest BCUT2D eigenvalue weighted by molar-refractivity contribution is -0.140. The molecule has 0 spiro atoms. The molecule has 17 heavy (non-hydrogen) atoms. The largest absolute Gasteiger partial charge is 0.320 e. The van der Waals surface area contributed by atoms with E-state index in [0.29, 0.717) is 6.41 Å². The van der Waals surface area contributed by atoms with Crippen molar-refractivity contribution in [2.24, 2.45) is 0 Å². The zero-order valence-corrected chi connectivity index (χ0v) is 11.9. The summed E-state index contributed by atoms with van der Waals surface area (Å²) in [7, 11) is 1.84. The van der Waals surface area contributed by atoms with Crippen molar-refractivity contribution in [1.82, 2.24) is 10.2 Å². The van der Waals surface area contributed by atoms with Crippen LogP contribution in [0.25, 0.3) is 0 Å². The lowest BCUT2D eigenvalue weighted by Gasteiger charge is -2.33. The Morgan fingerprint density at radius 2 is 1.88 bits per heavy atom. The lowest BCUT2D eigenvalue weighted by atomic mass is 9.98. The number of hydrogen-bond acceptors (Lipinski definition) is 3. The van der Waals surface area contributed by atoms with Gasteiger partial charge in [0, 0.05) is 5.54 Å². The van der Waals surface area contributed by atoms with Gasteiger partial charge < -0.3 is 5.32 Å². The van der Waals surface area contributed by atoms with Gasteiger partial charge in [0.05, 0.1) is 0 Å². The van der Waals surface area contributed by atoms with Crippen molar-refractivity contribution < 1.29 is 9.59 Å². The second-order valence-corrected chi connectivity index (χ2v) is 3.98. The first-order valence-corrected chi connectivity index (χ1v) is 6.05. The second kappa shape index (κ2) is 10.0. The number of rotatable bonds is 6. The number of imide groups is 1. The van der Waals surface area contributed by atoms with E-state index in [0.717, 1.165) is 13.0 Å². The van der Waals surface area contributed by atoms with Crippen molar-refractivity contribution in [2.45, 2.75) is 46.6 Å². The normalized spacial score (nSPS) is 10.7. The van der Waals surface area contributed by atoms with Gasteiger partial charge in [0.25, 0.3) is 5.91 Å². The van der Waals surface area contributed by atoms with Gasteiger partial charge in [0.1, 0.15) is 0 Å². The van der Waals surface area contributed by atoms with Crippen LogP contribution in [0.2, 0.25) is 0 Å². The van der Waals surface area contributed by atoms with Crippen LogP contribution in [0.3, 0.4) is 0 Å². The third-order valence-electron chi connectivity index (χ3n) is 2.29. The minimum Gasteiger partial charge on any atom is -0.320 e. The minimum atomic E-state index is -0.457. The van der Waals surface area contributed by atoms with Gasteiger partial charge in [-0.15, -0.1) is 0 Å². The molecular weight excluding hydrogens is 216 g/mol. The lowest BCUT2D eigenvalue weighted by Crippen LogP contribution is -2.47. The van der Waals surface area contributed by atoms with E-state index in [4.69, 9.17) is 0 Å². The Kier molecular flexibility index (Phi) is 10.7. The molecule has 0 aromatic rings. The van der Waals surface area contributed by atoms with Crippen LogP contribution >= 0.6 is 0 Å². The molecule has 0 rings (SSSR count). The Bertz CT molecular complexity index is 248. The number of nitrogens with zero attached hydrogens (tertiary/aromatic N) is 1. The summed E-state index contributed by atoms with van der Waals surface area (Å²) in [4.78, 5) is 23.7. The molecule has 0 heterocycles. The van der Waals surface area contributed by atoms with Crippen LogP contribution in [0.5, 0.6) is 0 Å². The van der Waals surface area contributed by atoms with Gasteiger partial charge in [0.2, 0.25) is 6.41 Å². The summed E-state index contributed by atoms with van der Waals surface area (Å²) in [6, 6.07) is 0. The zero-order valence-electron chi connectivity index (χ0n) is 11.9. The number of hydrogen-bond donors (Lipinski definition) is 1. The molecule has 0 aliphatic heterocycles. The van der Waals surface area contributed by atoms with E-state index in [2.05, 4.69) is 5.32 Å². The SMILES string of the molecule is C/C=C\C(=O)N(C=O)C(C)(C)CCNC.CC. The maximum Gasteiger partial charge on any atom is 0.253 e. The summed E-state index contributed by atoms with van der Waals surface area (Å²) in [5.41, 5.74) is -0.457. The summed E-state index contributed by atoms with van der Waals surface area (Å²) in [5, 5.41) is 3.00. The van der Waals surface area contributed by atoms with Crippen LogP contribution in [-0.4, -0.2) is 36.3 Å². The highest BCUT2D eigenvalue weighted by molar-refractivity contribution is 5.95. The molecule has 0 aliphatic carbocycles. The maximum absolute atomic E-state index is 11.6. The molecule has 0 saturated heterocycles. The average Bonchev–Trinajstić information content (AvgIpc) is 2.30. The fourth-order valence-electron chi connectivity index (χ4n) is 1.27. The monoisotopic (exact) mass is 242 g/mol. The van der Waals surface area contributed by atoms with E-state index < -0.39 is 5.54 Å². The summed E-state index contributed by atoms with van der Waals surface area (Å²) in [6.07, 6.45) is 4.35. The number of nitrogens with one attached hydrogen (secondary N) is 1. The van der Waals surface area contributed by atoms with Crippen LogP contribution < -0.4 is 5.32 Å².